The molecule has 2 aromatic rings. The molecule has 1 unspecified atom stereocenters. The van der Waals surface area contributed by atoms with Crippen LogP contribution in [0.15, 0.2) is 36.5 Å². The molecule has 0 saturated carbocycles. The molecule has 5 heteroatoms. The van der Waals surface area contributed by atoms with Gasteiger partial charge in [0, 0.05) is 25.8 Å². The van der Waals surface area contributed by atoms with Crippen LogP contribution in [0.3, 0.4) is 0 Å². The number of benzene rings is 1. The molecule has 0 aliphatic carbocycles. The van der Waals surface area contributed by atoms with Crippen molar-refractivity contribution >= 4 is 0 Å². The quantitative estimate of drug-likeness (QED) is 0.915. The first-order valence-corrected chi connectivity index (χ1v) is 7.61. The Morgan fingerprint density at radius 3 is 2.81 bits per heavy atom. The van der Waals surface area contributed by atoms with Crippen molar-refractivity contribution < 1.29 is 4.74 Å². The smallest absolute Gasteiger partial charge is 0.0969 e. The highest BCUT2D eigenvalue weighted by Crippen LogP contribution is 2.18. The maximum Gasteiger partial charge on any atom is 0.0969 e. The zero-order chi connectivity index (χ0) is 14.5. The summed E-state index contributed by atoms with van der Waals surface area (Å²) in [7, 11) is 0. The predicted octanol–water partition coefficient (Wildman–Crippen LogP) is 2.17. The standard InChI is InChI=1S/C16H22N4O/c1-13(14-7-9-21-10-8-14)17-11-15-12-18-20(19-15)16-5-3-2-4-6-16/h2-6,12-14,17H,7-11H2,1H3. The molecule has 0 amide bonds. The van der Waals surface area contributed by atoms with Gasteiger partial charge < -0.3 is 10.1 Å². The molecule has 1 saturated heterocycles. The molecular formula is C16H22N4O. The zero-order valence-corrected chi connectivity index (χ0v) is 12.4. The molecule has 2 heterocycles. The van der Waals surface area contributed by atoms with Crippen LogP contribution in [-0.2, 0) is 11.3 Å². The second kappa shape index (κ2) is 6.83. The summed E-state index contributed by atoms with van der Waals surface area (Å²) in [5, 5.41) is 12.4. The van der Waals surface area contributed by atoms with Crippen molar-refractivity contribution in [1.29, 1.82) is 0 Å². The molecule has 21 heavy (non-hydrogen) atoms. The minimum Gasteiger partial charge on any atom is -0.381 e. The Labute approximate surface area is 125 Å². The average Bonchev–Trinajstić information content (AvgIpc) is 3.03. The second-order valence-electron chi connectivity index (χ2n) is 5.58. The number of nitrogens with one attached hydrogen (secondary N) is 1. The van der Waals surface area contributed by atoms with E-state index in [4.69, 9.17) is 4.74 Å². The van der Waals surface area contributed by atoms with E-state index in [9.17, 15) is 0 Å². The molecule has 1 N–H and O–H groups in total. The maximum absolute atomic E-state index is 5.41. The van der Waals surface area contributed by atoms with Crippen LogP contribution in [-0.4, -0.2) is 34.2 Å². The van der Waals surface area contributed by atoms with Gasteiger partial charge in [0.2, 0.25) is 0 Å². The lowest BCUT2D eigenvalue weighted by Gasteiger charge is -2.28. The Morgan fingerprint density at radius 2 is 2.05 bits per heavy atom. The van der Waals surface area contributed by atoms with Crippen LogP contribution in [0, 0.1) is 5.92 Å². The SMILES string of the molecule is CC(NCc1cnn(-c2ccccc2)n1)C1CCOCC1. The van der Waals surface area contributed by atoms with Gasteiger partial charge in [-0.05, 0) is 37.8 Å². The summed E-state index contributed by atoms with van der Waals surface area (Å²) < 4.78 is 5.41. The maximum atomic E-state index is 5.41. The average molecular weight is 286 g/mol. The first-order chi connectivity index (χ1) is 10.3. The molecule has 112 valence electrons. The van der Waals surface area contributed by atoms with Crippen molar-refractivity contribution in [2.24, 2.45) is 5.92 Å². The van der Waals surface area contributed by atoms with Crippen LogP contribution in [0.5, 0.6) is 0 Å². The van der Waals surface area contributed by atoms with Gasteiger partial charge in [0.25, 0.3) is 0 Å². The van der Waals surface area contributed by atoms with Crippen molar-refractivity contribution in [3.63, 3.8) is 0 Å². The van der Waals surface area contributed by atoms with Crippen molar-refractivity contribution in [2.45, 2.75) is 32.4 Å². The summed E-state index contributed by atoms with van der Waals surface area (Å²) in [6, 6.07) is 10.5. The zero-order valence-electron chi connectivity index (χ0n) is 12.4. The molecule has 0 spiro atoms. The first-order valence-electron chi connectivity index (χ1n) is 7.61. The van der Waals surface area contributed by atoms with Crippen LogP contribution in [0.4, 0.5) is 0 Å². The molecule has 1 aliphatic rings. The summed E-state index contributed by atoms with van der Waals surface area (Å²) in [6.07, 6.45) is 4.12. The first kappa shape index (κ1) is 14.2. The van der Waals surface area contributed by atoms with Crippen LogP contribution >= 0.6 is 0 Å². The molecule has 1 aromatic heterocycles. The lowest BCUT2D eigenvalue weighted by atomic mass is 9.93. The topological polar surface area (TPSA) is 52.0 Å². The van der Waals surface area contributed by atoms with Crippen molar-refractivity contribution in [3.05, 3.63) is 42.2 Å². The van der Waals surface area contributed by atoms with Crippen molar-refractivity contribution in [1.82, 2.24) is 20.3 Å². The van der Waals surface area contributed by atoms with Crippen molar-refractivity contribution in [3.8, 4) is 5.69 Å². The van der Waals surface area contributed by atoms with Gasteiger partial charge >= 0.3 is 0 Å². The summed E-state index contributed by atoms with van der Waals surface area (Å²) in [4.78, 5) is 1.68. The fourth-order valence-corrected chi connectivity index (χ4v) is 2.71. The molecule has 5 nitrogen and oxygen atoms in total. The number of hydrogen-bond acceptors (Lipinski definition) is 4. The Bertz CT molecular complexity index is 548. The number of aromatic nitrogens is 3. The van der Waals surface area contributed by atoms with Gasteiger partial charge in [-0.3, -0.25) is 0 Å². The van der Waals surface area contributed by atoms with E-state index in [1.54, 1.807) is 4.80 Å². The number of para-hydroxylation sites is 1. The van der Waals surface area contributed by atoms with E-state index < -0.39 is 0 Å². The lowest BCUT2D eigenvalue weighted by molar-refractivity contribution is 0.0557. The van der Waals surface area contributed by atoms with Gasteiger partial charge in [-0.15, -0.1) is 0 Å². The highest BCUT2D eigenvalue weighted by atomic mass is 16.5. The van der Waals surface area contributed by atoms with Crippen LogP contribution in [0.25, 0.3) is 5.69 Å². The summed E-state index contributed by atoms with van der Waals surface area (Å²) in [5.74, 6) is 0.697. The van der Waals surface area contributed by atoms with Crippen molar-refractivity contribution in [2.75, 3.05) is 13.2 Å². The third-order valence-electron chi connectivity index (χ3n) is 4.10. The summed E-state index contributed by atoms with van der Waals surface area (Å²) >= 11 is 0. The molecular weight excluding hydrogens is 264 g/mol. The molecule has 1 aliphatic heterocycles. The third kappa shape index (κ3) is 3.68. The molecule has 1 fully saturated rings. The summed E-state index contributed by atoms with van der Waals surface area (Å²) in [5.41, 5.74) is 1.96. The van der Waals surface area contributed by atoms with Gasteiger partial charge in [0.1, 0.15) is 0 Å². The van der Waals surface area contributed by atoms with Crippen LogP contribution in [0.1, 0.15) is 25.5 Å². The van der Waals surface area contributed by atoms with Gasteiger partial charge in [0.15, 0.2) is 0 Å². The van der Waals surface area contributed by atoms with E-state index in [2.05, 4.69) is 22.4 Å². The fraction of sp³-hybridized carbons (Fsp3) is 0.500. The normalized spacial score (nSPS) is 17.8. The lowest BCUT2D eigenvalue weighted by Crippen LogP contribution is -2.36. The van der Waals surface area contributed by atoms with E-state index in [0.717, 1.165) is 44.0 Å². The predicted molar refractivity (Wildman–Crippen MR) is 81.2 cm³/mol. The Morgan fingerprint density at radius 1 is 1.29 bits per heavy atom. The van der Waals surface area contributed by atoms with E-state index in [0.29, 0.717) is 12.0 Å². The number of nitrogens with zero attached hydrogens (tertiary/aromatic N) is 3. The van der Waals surface area contributed by atoms with E-state index in [1.807, 2.05) is 36.5 Å². The number of rotatable bonds is 5. The van der Waals surface area contributed by atoms with Gasteiger partial charge in [-0.1, -0.05) is 18.2 Å². The van der Waals surface area contributed by atoms with Gasteiger partial charge in [-0.2, -0.15) is 15.0 Å². The number of ether oxygens (including phenoxy) is 1. The molecule has 0 radical (unpaired) electrons. The second-order valence-corrected chi connectivity index (χ2v) is 5.58. The highest BCUT2D eigenvalue weighted by Gasteiger charge is 2.20. The largest absolute Gasteiger partial charge is 0.381 e. The Kier molecular flexibility index (Phi) is 4.62. The Hall–Kier alpha value is -1.72. The monoisotopic (exact) mass is 286 g/mol. The molecule has 1 aromatic carbocycles. The van der Waals surface area contributed by atoms with E-state index >= 15 is 0 Å². The minimum absolute atomic E-state index is 0.482. The molecule has 0 bridgehead atoms. The summed E-state index contributed by atoms with van der Waals surface area (Å²) in [6.45, 7) is 4.78. The molecule has 1 atom stereocenters. The fourth-order valence-electron chi connectivity index (χ4n) is 2.71. The highest BCUT2D eigenvalue weighted by molar-refractivity contribution is 5.28. The van der Waals surface area contributed by atoms with E-state index in [-0.39, 0.29) is 0 Å². The van der Waals surface area contributed by atoms with Crippen LogP contribution in [0.2, 0.25) is 0 Å². The Balaban J connectivity index is 1.55. The van der Waals surface area contributed by atoms with Gasteiger partial charge in [-0.25, -0.2) is 0 Å². The number of hydrogen-bond donors (Lipinski definition) is 1. The van der Waals surface area contributed by atoms with E-state index in [1.165, 1.54) is 0 Å². The third-order valence-corrected chi connectivity index (χ3v) is 4.10. The molecule has 3 rings (SSSR count). The minimum atomic E-state index is 0.482. The van der Waals surface area contributed by atoms with Crippen LogP contribution < -0.4 is 5.32 Å². The van der Waals surface area contributed by atoms with Gasteiger partial charge in [0.05, 0.1) is 17.6 Å².